The molecule has 74 heavy (non-hydrogen) atoms. The SMILES string of the molecule is CF.Cc1cc(=O)n(-c2cc(OCC#N)c(C#N)cc2Cl)c(=O)n1N.N#CCOc1cc(-n2c(=O)cc(F)[nH]c2=O)c(Cl)cc1C#N.NOc1ccc([N+](=O)[O-])cc1[N+](=O)[O-].O=[N+]([O-])c1ccc(O)c([N+](=O)[O-])c1. The minimum atomic E-state index is -1.09. The zero-order chi connectivity index (χ0) is 56.1. The summed E-state index contributed by atoms with van der Waals surface area (Å²) in [6.45, 7) is 0.860. The van der Waals surface area contributed by atoms with E-state index in [1.54, 1.807) is 12.1 Å². The minimum Gasteiger partial charge on any atom is -0.502 e. The Morgan fingerprint density at radius 2 is 1.12 bits per heavy atom. The van der Waals surface area contributed by atoms with Crippen molar-refractivity contribution in [1.29, 1.82) is 21.0 Å². The van der Waals surface area contributed by atoms with Gasteiger partial charge in [0, 0.05) is 36.0 Å². The molecule has 0 aliphatic heterocycles. The lowest BCUT2D eigenvalue weighted by atomic mass is 10.2. The summed E-state index contributed by atoms with van der Waals surface area (Å²) in [5.74, 6) is 8.44. The van der Waals surface area contributed by atoms with Gasteiger partial charge in [0.1, 0.15) is 35.8 Å². The quantitative estimate of drug-likeness (QED) is 0.0614. The molecule has 6 rings (SSSR count). The van der Waals surface area contributed by atoms with Gasteiger partial charge in [-0.25, -0.2) is 23.4 Å². The number of alkyl halides is 1. The normalized spacial score (nSPS) is 9.55. The van der Waals surface area contributed by atoms with Crippen LogP contribution >= 0.6 is 23.2 Å². The maximum absolute atomic E-state index is 13.0. The lowest BCUT2D eigenvalue weighted by Gasteiger charge is -2.13. The van der Waals surface area contributed by atoms with Crippen LogP contribution in [0, 0.1) is 98.7 Å². The van der Waals surface area contributed by atoms with E-state index in [0.717, 1.165) is 45.6 Å². The summed E-state index contributed by atoms with van der Waals surface area (Å²) >= 11 is 12.0. The van der Waals surface area contributed by atoms with Crippen molar-refractivity contribution in [2.24, 2.45) is 5.90 Å². The van der Waals surface area contributed by atoms with Gasteiger partial charge in [0.2, 0.25) is 11.7 Å². The van der Waals surface area contributed by atoms with Crippen molar-refractivity contribution < 1.29 is 47.9 Å². The number of nitriles is 4. The second kappa shape index (κ2) is 27.4. The summed E-state index contributed by atoms with van der Waals surface area (Å²) in [6, 6.07) is 19.2. The molecule has 0 amide bonds. The number of non-ortho nitro benzene ring substituents is 2. The van der Waals surface area contributed by atoms with Gasteiger partial charge in [-0.15, -0.1) is 0 Å². The van der Waals surface area contributed by atoms with E-state index in [9.17, 15) is 68.4 Å². The molecule has 0 fully saturated rings. The molecular formula is C40H28Cl2F2N14O16. The molecule has 0 saturated carbocycles. The lowest BCUT2D eigenvalue weighted by Crippen LogP contribution is -2.42. The molecule has 0 atom stereocenters. The Bertz CT molecular complexity index is 3550. The molecule has 30 nitrogen and oxygen atoms in total. The van der Waals surface area contributed by atoms with Gasteiger partial charge < -0.3 is 25.3 Å². The molecular weight excluding hydrogens is 1040 g/mol. The number of hydrogen-bond donors (Lipinski definition) is 4. The first kappa shape index (κ1) is 59.3. The number of nitro groups is 4. The Labute approximate surface area is 418 Å². The summed E-state index contributed by atoms with van der Waals surface area (Å²) in [7, 11) is 0.500. The number of nitrogens with one attached hydrogen (secondary N) is 1. The summed E-state index contributed by atoms with van der Waals surface area (Å²) in [5, 5.41) is 85.1. The third-order valence-electron chi connectivity index (χ3n) is 8.48. The van der Waals surface area contributed by atoms with Crippen LogP contribution in [0.25, 0.3) is 11.4 Å². The van der Waals surface area contributed by atoms with Gasteiger partial charge in [-0.2, -0.15) is 31.3 Å². The van der Waals surface area contributed by atoms with Crippen LogP contribution in [0.4, 0.5) is 31.5 Å². The van der Waals surface area contributed by atoms with E-state index in [1.807, 2.05) is 17.1 Å². The highest BCUT2D eigenvalue weighted by molar-refractivity contribution is 6.33. The zero-order valence-electron chi connectivity index (χ0n) is 37.0. The number of rotatable bonds is 11. The van der Waals surface area contributed by atoms with Crippen molar-refractivity contribution in [3.63, 3.8) is 0 Å². The molecule has 0 bridgehead atoms. The molecule has 0 aliphatic rings. The van der Waals surface area contributed by atoms with Gasteiger partial charge in [0.05, 0.1) is 77.6 Å². The zero-order valence-corrected chi connectivity index (χ0v) is 38.5. The molecule has 0 saturated heterocycles. The standard InChI is InChI=1S/C14H10ClN5O3.C13H6ClFN4O3.C6H5N3O5.C6H4N2O5.CH3F/c1-8-4-13(21)19(14(22)20(8)18)11-6-12(23-3-2-16)9(7-17)5-10(11)15;14-8-3-7(6-17)10(22-2-1-16)4-9(8)19-12(20)5-11(15)18-13(19)21;7-14-6-2-1-4(8(10)11)3-5(6)9(12)13;9-6-2-1-4(7(10)11)3-5(6)8(12)13;1-2/h4-6H,3,18H2,1H3;3-5H,2H2,(H,18,21);1-3H,7H2;1-3,9H;1H3. The van der Waals surface area contributed by atoms with E-state index in [2.05, 4.69) is 4.84 Å². The fourth-order valence-electron chi connectivity index (χ4n) is 5.28. The molecule has 4 aromatic carbocycles. The van der Waals surface area contributed by atoms with Crippen molar-refractivity contribution >= 4 is 46.0 Å². The third-order valence-corrected chi connectivity index (χ3v) is 9.08. The van der Waals surface area contributed by atoms with Gasteiger partial charge >= 0.3 is 22.8 Å². The van der Waals surface area contributed by atoms with Gasteiger partial charge in [-0.1, -0.05) is 23.2 Å². The second-order valence-electron chi connectivity index (χ2n) is 12.9. The molecule has 382 valence electrons. The third kappa shape index (κ3) is 15.1. The molecule has 6 aromatic rings. The molecule has 6 N–H and O–H groups in total. The Kier molecular flexibility index (Phi) is 22.0. The average molecular weight is 1070 g/mol. The Morgan fingerprint density at radius 1 is 0.676 bits per heavy atom. The van der Waals surface area contributed by atoms with Crippen LogP contribution in [-0.2, 0) is 0 Å². The highest BCUT2D eigenvalue weighted by Crippen LogP contribution is 2.32. The van der Waals surface area contributed by atoms with E-state index >= 15 is 0 Å². The monoisotopic (exact) mass is 1070 g/mol. The van der Waals surface area contributed by atoms with Crippen molar-refractivity contribution in [3.05, 3.63) is 188 Å². The van der Waals surface area contributed by atoms with Gasteiger partial charge in [0.25, 0.3) is 22.5 Å². The van der Waals surface area contributed by atoms with Crippen LogP contribution in [0.15, 0.2) is 92.0 Å². The Balaban J connectivity index is 0.000000343. The predicted octanol–water partition coefficient (Wildman–Crippen LogP) is 4.09. The lowest BCUT2D eigenvalue weighted by molar-refractivity contribution is -0.395. The Morgan fingerprint density at radius 3 is 1.54 bits per heavy atom. The van der Waals surface area contributed by atoms with E-state index in [-0.39, 0.29) is 68.7 Å². The fraction of sp³-hybridized carbons (Fsp3) is 0.100. The number of benzene rings is 4. The number of aromatic nitrogens is 4. The molecule has 34 heteroatoms. The molecule has 2 aromatic heterocycles. The Hall–Kier alpha value is -10.8. The molecule has 2 heterocycles. The number of aromatic amines is 1. The number of hydrogen-bond acceptors (Lipinski definition) is 22. The van der Waals surface area contributed by atoms with Crippen molar-refractivity contribution in [2.75, 3.05) is 26.2 Å². The number of phenols is 1. The summed E-state index contributed by atoms with van der Waals surface area (Å²) in [5.41, 5.74) is -5.16. The second-order valence-corrected chi connectivity index (χ2v) is 13.7. The highest BCUT2D eigenvalue weighted by atomic mass is 35.5. The number of aryl methyl sites for hydroxylation is 1. The number of nitrogens with two attached hydrogens (primary N) is 2. The maximum Gasteiger partial charge on any atom is 0.354 e. The van der Waals surface area contributed by atoms with Crippen LogP contribution in [-0.4, -0.2) is 64.0 Å². The topological polar surface area (TPSA) is 467 Å². The predicted molar refractivity (Wildman–Crippen MR) is 248 cm³/mol. The number of phenolic OH excluding ortho intramolecular Hbond substituents is 1. The van der Waals surface area contributed by atoms with Gasteiger partial charge in [-0.3, -0.25) is 59.4 Å². The smallest absolute Gasteiger partial charge is 0.354 e. The van der Waals surface area contributed by atoms with Crippen LogP contribution in [0.2, 0.25) is 10.0 Å². The summed E-state index contributed by atoms with van der Waals surface area (Å²) < 4.78 is 34.8. The maximum atomic E-state index is 13.0. The molecule has 0 radical (unpaired) electrons. The van der Waals surface area contributed by atoms with Crippen LogP contribution < -0.4 is 48.5 Å². The van der Waals surface area contributed by atoms with Crippen LogP contribution in [0.3, 0.4) is 0 Å². The number of nitro benzene ring substituents is 4. The van der Waals surface area contributed by atoms with Gasteiger partial charge in [-0.05, 0) is 31.2 Å². The minimum absolute atomic E-state index is 0.00564. The molecule has 0 aliphatic carbocycles. The highest BCUT2D eigenvalue weighted by Gasteiger charge is 2.22. The number of nitrogens with zero attached hydrogens (tertiary/aromatic N) is 11. The molecule has 0 unspecified atom stereocenters. The first-order valence-electron chi connectivity index (χ1n) is 18.9. The molecule has 0 spiro atoms. The largest absolute Gasteiger partial charge is 0.502 e. The van der Waals surface area contributed by atoms with E-state index in [0.29, 0.717) is 23.9 Å². The van der Waals surface area contributed by atoms with Crippen LogP contribution in [0.5, 0.6) is 23.0 Å². The summed E-state index contributed by atoms with van der Waals surface area (Å²) in [6.07, 6.45) is 0. The van der Waals surface area contributed by atoms with Crippen molar-refractivity contribution in [2.45, 2.75) is 6.92 Å². The average Bonchev–Trinajstić information content (AvgIpc) is 3.36. The number of aromatic hydroxyl groups is 1. The van der Waals surface area contributed by atoms with E-state index < -0.39 is 76.6 Å². The first-order valence-corrected chi connectivity index (χ1v) is 19.6. The first-order chi connectivity index (χ1) is 35.0. The number of nitrogen functional groups attached to an aromatic ring is 1. The van der Waals surface area contributed by atoms with Crippen molar-refractivity contribution in [3.8, 4) is 58.6 Å². The van der Waals surface area contributed by atoms with Gasteiger partial charge in [0.15, 0.2) is 19.0 Å². The van der Waals surface area contributed by atoms with Crippen molar-refractivity contribution in [1.82, 2.24) is 18.8 Å². The summed E-state index contributed by atoms with van der Waals surface area (Å²) in [4.78, 5) is 91.8. The van der Waals surface area contributed by atoms with E-state index in [4.69, 9.17) is 70.6 Å². The number of ether oxygens (including phenoxy) is 2. The van der Waals surface area contributed by atoms with E-state index in [1.165, 1.54) is 31.2 Å². The van der Waals surface area contributed by atoms with Crippen LogP contribution in [0.1, 0.15) is 16.8 Å². The number of halogens is 4. The number of H-pyrrole nitrogens is 1. The fourth-order valence-corrected chi connectivity index (χ4v) is 5.77.